The number of benzene rings is 1. The van der Waals surface area contributed by atoms with Crippen LogP contribution in [-0.4, -0.2) is 81.0 Å². The molecule has 0 amide bonds. The van der Waals surface area contributed by atoms with Crippen LogP contribution < -0.4 is 15.8 Å². The van der Waals surface area contributed by atoms with Crippen LogP contribution in [0.5, 0.6) is 5.75 Å². The van der Waals surface area contributed by atoms with E-state index in [4.69, 9.17) is 20.0 Å². The van der Waals surface area contributed by atoms with E-state index in [-0.39, 0.29) is 12.6 Å². The highest BCUT2D eigenvalue weighted by molar-refractivity contribution is 5.98. The van der Waals surface area contributed by atoms with Crippen molar-refractivity contribution in [2.75, 3.05) is 51.4 Å². The number of nitrogen functional groups attached to an aromatic ring is 1. The van der Waals surface area contributed by atoms with Crippen LogP contribution >= 0.6 is 0 Å². The van der Waals surface area contributed by atoms with Crippen molar-refractivity contribution in [2.45, 2.75) is 50.9 Å². The maximum absolute atomic E-state index is 9.25. The number of aliphatic hydroxyl groups excluding tert-OH is 1. The van der Waals surface area contributed by atoms with Gasteiger partial charge in [-0.05, 0) is 57.0 Å². The van der Waals surface area contributed by atoms with Crippen LogP contribution in [0.25, 0.3) is 22.3 Å². The van der Waals surface area contributed by atoms with Crippen molar-refractivity contribution in [3.63, 3.8) is 0 Å². The summed E-state index contributed by atoms with van der Waals surface area (Å²) in [5.74, 6) is 2.37. The molecule has 40 heavy (non-hydrogen) atoms. The molecule has 6 rings (SSSR count). The fourth-order valence-corrected chi connectivity index (χ4v) is 6.08. The lowest BCUT2D eigenvalue weighted by molar-refractivity contribution is 0.0815. The molecule has 212 valence electrons. The van der Waals surface area contributed by atoms with Crippen LogP contribution in [0.15, 0.2) is 41.1 Å². The number of anilines is 2. The van der Waals surface area contributed by atoms with Crippen LogP contribution in [0.3, 0.4) is 0 Å². The van der Waals surface area contributed by atoms with E-state index in [0.29, 0.717) is 29.9 Å². The van der Waals surface area contributed by atoms with E-state index in [2.05, 4.69) is 36.8 Å². The van der Waals surface area contributed by atoms with E-state index in [1.807, 2.05) is 24.3 Å². The van der Waals surface area contributed by atoms with E-state index >= 15 is 0 Å². The highest BCUT2D eigenvalue weighted by atomic mass is 16.5. The number of hydrogen-bond donors (Lipinski definition) is 3. The van der Waals surface area contributed by atoms with Gasteiger partial charge >= 0.3 is 0 Å². The largest absolute Gasteiger partial charge is 0.495 e. The molecular weight excluding hydrogens is 508 g/mol. The van der Waals surface area contributed by atoms with Crippen LogP contribution in [0.2, 0.25) is 0 Å². The van der Waals surface area contributed by atoms with Gasteiger partial charge in [0.25, 0.3) is 0 Å². The number of nitrogens with two attached hydrogens (primary N) is 1. The van der Waals surface area contributed by atoms with Gasteiger partial charge in [0.2, 0.25) is 0 Å². The number of aliphatic hydroxyl groups is 1. The molecule has 11 heteroatoms. The quantitative estimate of drug-likeness (QED) is 0.302. The van der Waals surface area contributed by atoms with Gasteiger partial charge in [-0.15, -0.1) is 0 Å². The third-order valence-corrected chi connectivity index (χ3v) is 8.39. The molecule has 0 spiro atoms. The van der Waals surface area contributed by atoms with Gasteiger partial charge in [-0.25, -0.2) is 14.6 Å². The minimum atomic E-state index is -0.122. The first-order chi connectivity index (χ1) is 19.5. The van der Waals surface area contributed by atoms with Gasteiger partial charge < -0.3 is 30.2 Å². The van der Waals surface area contributed by atoms with Gasteiger partial charge in [0, 0.05) is 37.8 Å². The molecular formula is C29H38N8O3. The second-order valence-electron chi connectivity index (χ2n) is 10.8. The summed E-state index contributed by atoms with van der Waals surface area (Å²) in [7, 11) is 3.85. The number of furan rings is 1. The minimum absolute atomic E-state index is 0.122. The maximum atomic E-state index is 9.25. The average molecular weight is 547 g/mol. The average Bonchev–Trinajstić information content (AvgIpc) is 3.62. The van der Waals surface area contributed by atoms with E-state index < -0.39 is 0 Å². The number of piperazine rings is 1. The van der Waals surface area contributed by atoms with Crippen molar-refractivity contribution in [1.82, 2.24) is 29.5 Å². The number of aromatic nitrogens is 4. The first-order valence-corrected chi connectivity index (χ1v) is 14.1. The monoisotopic (exact) mass is 546 g/mol. The Morgan fingerprint density at radius 2 is 1.77 bits per heavy atom. The second kappa shape index (κ2) is 11.4. The molecule has 2 aliphatic rings. The Bertz CT molecular complexity index is 1450. The predicted octanol–water partition coefficient (Wildman–Crippen LogP) is 3.51. The topological polar surface area (TPSA) is 131 Å². The Kier molecular flexibility index (Phi) is 7.59. The molecule has 4 heterocycles. The molecule has 0 bridgehead atoms. The van der Waals surface area contributed by atoms with Crippen LogP contribution in [0.4, 0.5) is 11.5 Å². The molecule has 2 fully saturated rings. The highest BCUT2D eigenvalue weighted by Gasteiger charge is 2.30. The number of likely N-dealkylation sites (N-methyl/N-ethyl adjacent to an activating group) is 1. The van der Waals surface area contributed by atoms with Crippen molar-refractivity contribution in [3.8, 4) is 17.0 Å². The maximum Gasteiger partial charge on any atom is 0.164 e. The van der Waals surface area contributed by atoms with Crippen molar-refractivity contribution < 1.29 is 14.3 Å². The first kappa shape index (κ1) is 26.5. The smallest absolute Gasteiger partial charge is 0.164 e. The van der Waals surface area contributed by atoms with Gasteiger partial charge in [0.05, 0.1) is 30.8 Å². The van der Waals surface area contributed by atoms with Crippen molar-refractivity contribution in [3.05, 3.63) is 48.2 Å². The van der Waals surface area contributed by atoms with Crippen LogP contribution in [0, 0.1) is 0 Å². The number of rotatable bonds is 8. The minimum Gasteiger partial charge on any atom is -0.495 e. The normalized spacial score (nSPS) is 20.7. The van der Waals surface area contributed by atoms with Gasteiger partial charge in [-0.3, -0.25) is 4.90 Å². The standard InChI is InChI=1S/C29H38N8O3/c1-35-11-13-36(14-12-35)20-4-6-21(7-5-20)37-29-26(28(30)32-18-33-29)27(34-37)19-3-10-24(25(15-19)39-2)31-16-22-8-9-23(17-38)40-22/h3,8-10,15,18,20-21,31,38H,4-7,11-14,16-17H2,1-2H3,(H2,30,32,33)/t20-,21+. The molecule has 0 atom stereocenters. The number of nitrogens with one attached hydrogen (secondary N) is 1. The molecule has 1 saturated heterocycles. The molecule has 1 aromatic carbocycles. The molecule has 4 N–H and O–H groups in total. The molecule has 3 aromatic heterocycles. The Hall–Kier alpha value is -3.67. The molecule has 0 unspecified atom stereocenters. The summed E-state index contributed by atoms with van der Waals surface area (Å²) in [6.07, 6.45) is 5.98. The Morgan fingerprint density at radius 3 is 2.50 bits per heavy atom. The number of hydrogen-bond acceptors (Lipinski definition) is 10. The first-order valence-electron chi connectivity index (χ1n) is 14.1. The Morgan fingerprint density at radius 1 is 1.02 bits per heavy atom. The van der Waals surface area contributed by atoms with Gasteiger partial charge in [-0.1, -0.05) is 6.07 Å². The third kappa shape index (κ3) is 5.24. The van der Waals surface area contributed by atoms with E-state index in [1.54, 1.807) is 13.2 Å². The highest BCUT2D eigenvalue weighted by Crippen LogP contribution is 2.39. The lowest BCUT2D eigenvalue weighted by Gasteiger charge is -2.41. The van der Waals surface area contributed by atoms with E-state index in [0.717, 1.165) is 85.6 Å². The zero-order chi connectivity index (χ0) is 27.6. The van der Waals surface area contributed by atoms with Gasteiger partial charge in [0.1, 0.15) is 41.7 Å². The van der Waals surface area contributed by atoms with Crippen molar-refractivity contribution in [2.24, 2.45) is 0 Å². The summed E-state index contributed by atoms with van der Waals surface area (Å²) >= 11 is 0. The lowest BCUT2D eigenvalue weighted by Crippen LogP contribution is -2.49. The summed E-state index contributed by atoms with van der Waals surface area (Å²) in [5.41, 5.74) is 9.66. The lowest BCUT2D eigenvalue weighted by atomic mass is 9.90. The van der Waals surface area contributed by atoms with Crippen molar-refractivity contribution in [1.29, 1.82) is 0 Å². The molecule has 4 aromatic rings. The summed E-state index contributed by atoms with van der Waals surface area (Å²) < 4.78 is 13.4. The Labute approximate surface area is 233 Å². The summed E-state index contributed by atoms with van der Waals surface area (Å²) in [5, 5.41) is 18.5. The fraction of sp³-hybridized carbons (Fsp3) is 0.483. The van der Waals surface area contributed by atoms with Gasteiger partial charge in [0.15, 0.2) is 5.65 Å². The molecule has 1 aliphatic heterocycles. The summed E-state index contributed by atoms with van der Waals surface area (Å²) in [6, 6.07) is 10.5. The Balaban J connectivity index is 1.24. The summed E-state index contributed by atoms with van der Waals surface area (Å²) in [4.78, 5) is 14.0. The molecule has 11 nitrogen and oxygen atoms in total. The number of ether oxygens (including phenoxy) is 1. The number of nitrogens with zero attached hydrogens (tertiary/aromatic N) is 6. The van der Waals surface area contributed by atoms with Crippen molar-refractivity contribution >= 4 is 22.5 Å². The zero-order valence-electron chi connectivity index (χ0n) is 23.2. The van der Waals surface area contributed by atoms with Crippen LogP contribution in [-0.2, 0) is 13.2 Å². The SMILES string of the molecule is COc1cc(-c2nn([C@H]3CC[C@@H](N4CCN(C)CC4)CC3)c3ncnc(N)c23)ccc1NCc1ccc(CO)o1. The number of fused-ring (bicyclic) bond motifs is 1. The number of methoxy groups -OCH3 is 1. The van der Waals surface area contributed by atoms with Crippen LogP contribution in [0.1, 0.15) is 43.2 Å². The summed E-state index contributed by atoms with van der Waals surface area (Å²) in [6.45, 7) is 4.95. The predicted molar refractivity (Wildman–Crippen MR) is 154 cm³/mol. The van der Waals surface area contributed by atoms with Gasteiger partial charge in [-0.2, -0.15) is 5.10 Å². The molecule has 1 aliphatic carbocycles. The third-order valence-electron chi connectivity index (χ3n) is 8.39. The molecule has 1 saturated carbocycles. The zero-order valence-corrected chi connectivity index (χ0v) is 23.2. The van der Waals surface area contributed by atoms with E-state index in [1.165, 1.54) is 6.33 Å². The molecule has 0 radical (unpaired) electrons. The van der Waals surface area contributed by atoms with E-state index in [9.17, 15) is 5.11 Å². The second-order valence-corrected chi connectivity index (χ2v) is 10.8. The fourth-order valence-electron chi connectivity index (χ4n) is 6.08.